The molecule has 1 amide bonds. The number of rotatable bonds is 4. The largest absolute Gasteiger partial charge is 1.00 e. The number of amides is 1. The van der Waals surface area contributed by atoms with Crippen molar-refractivity contribution in [3.8, 4) is 0 Å². The first kappa shape index (κ1) is 19.8. The predicted molar refractivity (Wildman–Crippen MR) is 94.2 cm³/mol. The van der Waals surface area contributed by atoms with Crippen molar-refractivity contribution in [3.63, 3.8) is 0 Å². The molecule has 0 unspecified atom stereocenters. The Morgan fingerprint density at radius 2 is 1.58 bits per heavy atom. The molecule has 1 aliphatic rings. The molecule has 0 radical (unpaired) electrons. The minimum Gasteiger partial charge on any atom is -1.00 e. The fourth-order valence-electron chi connectivity index (χ4n) is 2.94. The number of hydrogen-bond donors (Lipinski definition) is 1. The molecule has 26 heavy (non-hydrogen) atoms. The molecule has 138 valence electrons. The molecule has 0 bridgehead atoms. The zero-order chi connectivity index (χ0) is 17.8. The van der Waals surface area contributed by atoms with E-state index in [0.29, 0.717) is 30.0 Å². The number of hydrogen-bond acceptors (Lipinski definition) is 4. The first-order chi connectivity index (χ1) is 12.1. The molecule has 1 heterocycles. The lowest BCUT2D eigenvalue weighted by molar-refractivity contribution is -0.491. The number of carbonyl (C=O) groups excluding carboxylic acids is 1. The van der Waals surface area contributed by atoms with Gasteiger partial charge in [0.15, 0.2) is 0 Å². The van der Waals surface area contributed by atoms with Crippen LogP contribution in [-0.2, 0) is 0 Å². The molecule has 0 aliphatic carbocycles. The van der Waals surface area contributed by atoms with E-state index >= 15 is 0 Å². The van der Waals surface area contributed by atoms with E-state index < -0.39 is 4.92 Å². The zero-order valence-electron chi connectivity index (χ0n) is 14.5. The van der Waals surface area contributed by atoms with Crippen LogP contribution in [0.3, 0.4) is 0 Å². The van der Waals surface area contributed by atoms with Crippen molar-refractivity contribution < 1.29 is 27.4 Å². The summed E-state index contributed by atoms with van der Waals surface area (Å²) in [5.74, 6) is -0.0291. The van der Waals surface area contributed by atoms with Gasteiger partial charge in [-0.2, -0.15) is 0 Å². The van der Waals surface area contributed by atoms with Crippen LogP contribution in [0.5, 0.6) is 0 Å². The molecule has 1 saturated heterocycles. The minimum absolute atomic E-state index is 0. The van der Waals surface area contributed by atoms with Gasteiger partial charge in [-0.05, 0) is 13.1 Å². The Hall–Kier alpha value is -2.48. The van der Waals surface area contributed by atoms with Gasteiger partial charge in [0.05, 0.1) is 4.92 Å². The summed E-state index contributed by atoms with van der Waals surface area (Å²) >= 11 is 0. The van der Waals surface area contributed by atoms with Gasteiger partial charge in [-0.1, -0.05) is 24.3 Å². The van der Waals surface area contributed by atoms with Crippen LogP contribution in [0.15, 0.2) is 48.5 Å². The summed E-state index contributed by atoms with van der Waals surface area (Å²) in [6, 6.07) is 13.8. The Morgan fingerprint density at radius 3 is 2.23 bits per heavy atom. The highest BCUT2D eigenvalue weighted by Crippen LogP contribution is 2.21. The number of benzene rings is 2. The SMILES string of the molecule is CN1CCN(C(=O)c2ccccc2[NH2+]c2ccccc2[N+](=O)[O-])CC1.[Cl-]. The lowest BCUT2D eigenvalue weighted by atomic mass is 10.1. The number of nitro groups is 1. The summed E-state index contributed by atoms with van der Waals surface area (Å²) in [6.07, 6.45) is 0. The molecule has 8 heteroatoms. The van der Waals surface area contributed by atoms with Gasteiger partial charge in [-0.15, -0.1) is 0 Å². The quantitative estimate of drug-likeness (QED) is 0.400. The third kappa shape index (κ3) is 4.37. The fourth-order valence-corrected chi connectivity index (χ4v) is 2.94. The summed E-state index contributed by atoms with van der Waals surface area (Å²) < 4.78 is 0. The van der Waals surface area contributed by atoms with Gasteiger partial charge in [0.2, 0.25) is 5.69 Å². The summed E-state index contributed by atoms with van der Waals surface area (Å²) in [7, 11) is 2.04. The van der Waals surface area contributed by atoms with E-state index in [2.05, 4.69) is 4.90 Å². The van der Waals surface area contributed by atoms with Gasteiger partial charge in [0, 0.05) is 44.4 Å². The monoisotopic (exact) mass is 376 g/mol. The van der Waals surface area contributed by atoms with E-state index in [1.165, 1.54) is 6.07 Å². The minimum atomic E-state index is -0.406. The van der Waals surface area contributed by atoms with Crippen LogP contribution in [-0.4, -0.2) is 53.9 Å². The summed E-state index contributed by atoms with van der Waals surface area (Å²) in [6.45, 7) is 3.08. The van der Waals surface area contributed by atoms with Gasteiger partial charge in [0.1, 0.15) is 11.3 Å². The summed E-state index contributed by atoms with van der Waals surface area (Å²) in [5, 5.41) is 12.9. The van der Waals surface area contributed by atoms with Gasteiger partial charge >= 0.3 is 5.69 Å². The van der Waals surface area contributed by atoms with Gasteiger partial charge in [-0.3, -0.25) is 20.2 Å². The van der Waals surface area contributed by atoms with Crippen molar-refractivity contribution in [3.05, 3.63) is 64.2 Å². The maximum absolute atomic E-state index is 12.9. The molecule has 0 saturated carbocycles. The number of halogens is 1. The van der Waals surface area contributed by atoms with E-state index in [9.17, 15) is 14.9 Å². The third-order valence-corrected chi connectivity index (χ3v) is 4.43. The van der Waals surface area contributed by atoms with E-state index in [4.69, 9.17) is 0 Å². The second-order valence-corrected chi connectivity index (χ2v) is 6.14. The predicted octanol–water partition coefficient (Wildman–Crippen LogP) is -1.49. The lowest BCUT2D eigenvalue weighted by Gasteiger charge is -2.32. The Balaban J connectivity index is 0.00000243. The Labute approximate surface area is 158 Å². The van der Waals surface area contributed by atoms with Crippen molar-refractivity contribution >= 4 is 23.0 Å². The standard InChI is InChI=1S/C18H20N4O3.ClH/c1-20-10-12-21(13-11-20)18(23)14-6-2-3-7-15(14)19-16-8-4-5-9-17(16)22(24)25;/h2-9,19H,10-13H2,1H3;1H. The van der Waals surface area contributed by atoms with Crippen LogP contribution in [0.1, 0.15) is 10.4 Å². The highest BCUT2D eigenvalue weighted by Gasteiger charge is 2.25. The zero-order valence-corrected chi connectivity index (χ0v) is 15.2. The van der Waals surface area contributed by atoms with E-state index in [0.717, 1.165) is 13.1 Å². The van der Waals surface area contributed by atoms with Gasteiger partial charge in [0.25, 0.3) is 5.91 Å². The normalized spacial score (nSPS) is 14.6. The van der Waals surface area contributed by atoms with Crippen molar-refractivity contribution in [2.75, 3.05) is 33.2 Å². The summed E-state index contributed by atoms with van der Waals surface area (Å²) in [5.41, 5.74) is 1.79. The Kier molecular flexibility index (Phi) is 6.68. The van der Waals surface area contributed by atoms with Crippen LogP contribution in [0.25, 0.3) is 0 Å². The Morgan fingerprint density at radius 1 is 1.00 bits per heavy atom. The molecular formula is C18H21ClN4O3. The van der Waals surface area contributed by atoms with E-state index in [1.54, 1.807) is 29.6 Å². The van der Waals surface area contributed by atoms with Gasteiger partial charge < -0.3 is 22.2 Å². The van der Waals surface area contributed by atoms with Crippen LogP contribution in [0, 0.1) is 10.1 Å². The lowest BCUT2D eigenvalue weighted by Crippen LogP contribution is -3.00. The van der Waals surface area contributed by atoms with Crippen LogP contribution >= 0.6 is 0 Å². The number of nitro benzene ring substituents is 1. The molecule has 7 nitrogen and oxygen atoms in total. The van der Waals surface area contributed by atoms with Crippen molar-refractivity contribution in [1.82, 2.24) is 9.80 Å². The van der Waals surface area contributed by atoms with Crippen LogP contribution in [0.2, 0.25) is 0 Å². The number of likely N-dealkylation sites (N-methyl/N-ethyl adjacent to an activating group) is 1. The van der Waals surface area contributed by atoms with Crippen LogP contribution in [0.4, 0.5) is 17.1 Å². The molecule has 3 rings (SSSR count). The smallest absolute Gasteiger partial charge is 0.329 e. The number of carbonyl (C=O) groups is 1. The maximum atomic E-state index is 12.9. The first-order valence-electron chi connectivity index (χ1n) is 8.21. The third-order valence-electron chi connectivity index (χ3n) is 4.43. The van der Waals surface area contributed by atoms with Crippen molar-refractivity contribution in [2.24, 2.45) is 0 Å². The fraction of sp³-hybridized carbons (Fsp3) is 0.278. The highest BCUT2D eigenvalue weighted by atomic mass is 35.5. The van der Waals surface area contributed by atoms with Gasteiger partial charge in [-0.25, -0.2) is 0 Å². The second kappa shape index (κ2) is 8.75. The number of para-hydroxylation sites is 3. The maximum Gasteiger partial charge on any atom is 0.329 e. The molecule has 1 fully saturated rings. The molecule has 1 aliphatic heterocycles. The Bertz CT molecular complexity index is 792. The second-order valence-electron chi connectivity index (χ2n) is 6.14. The van der Waals surface area contributed by atoms with Crippen LogP contribution < -0.4 is 17.7 Å². The molecule has 0 aromatic heterocycles. The molecule has 0 atom stereocenters. The average Bonchev–Trinajstić information content (AvgIpc) is 2.62. The number of nitrogens with zero attached hydrogens (tertiary/aromatic N) is 3. The highest BCUT2D eigenvalue weighted by molar-refractivity contribution is 5.98. The summed E-state index contributed by atoms with van der Waals surface area (Å²) in [4.78, 5) is 27.7. The van der Waals surface area contributed by atoms with Crippen molar-refractivity contribution in [1.29, 1.82) is 0 Å². The number of piperazine rings is 1. The molecule has 2 aromatic carbocycles. The first-order valence-corrected chi connectivity index (χ1v) is 8.21. The number of nitrogens with two attached hydrogens (primary N) is 1. The van der Waals surface area contributed by atoms with Crippen molar-refractivity contribution in [2.45, 2.75) is 0 Å². The topological polar surface area (TPSA) is 83.3 Å². The molecule has 0 spiro atoms. The molecule has 2 aromatic rings. The molecule has 2 N–H and O–H groups in total. The van der Waals surface area contributed by atoms with E-state index in [-0.39, 0.29) is 24.0 Å². The van der Waals surface area contributed by atoms with E-state index in [1.807, 2.05) is 30.1 Å². The average molecular weight is 377 g/mol. The number of quaternary nitrogens is 1. The molecular weight excluding hydrogens is 356 g/mol.